The van der Waals surface area contributed by atoms with Gasteiger partial charge in [-0.2, -0.15) is 0 Å². The van der Waals surface area contributed by atoms with E-state index in [-0.39, 0.29) is 56.1 Å². The lowest BCUT2D eigenvalue weighted by Gasteiger charge is -2.29. The molecule has 10 nitrogen and oxygen atoms in total. The van der Waals surface area contributed by atoms with E-state index >= 15 is 0 Å². The number of thiocarbonyl (C=S) groups is 2. The summed E-state index contributed by atoms with van der Waals surface area (Å²) in [5.41, 5.74) is 0.983. The zero-order valence-corrected chi connectivity index (χ0v) is 33.8. The normalized spacial score (nSPS) is 15.7. The highest BCUT2D eigenvalue weighted by Gasteiger charge is 2.52. The van der Waals surface area contributed by atoms with E-state index in [1.807, 2.05) is 31.2 Å². The van der Waals surface area contributed by atoms with Gasteiger partial charge in [0.2, 0.25) is 5.69 Å². The summed E-state index contributed by atoms with van der Waals surface area (Å²) in [5.74, 6) is -2.70. The fourth-order valence-electron chi connectivity index (χ4n) is 6.28. The van der Waals surface area contributed by atoms with Crippen molar-refractivity contribution in [2.24, 2.45) is 0 Å². The molecule has 0 spiro atoms. The average molecular weight is 813 g/mol. The van der Waals surface area contributed by atoms with Crippen molar-refractivity contribution in [2.75, 3.05) is 26.2 Å². The molecule has 2 heterocycles. The second kappa shape index (κ2) is 15.7. The molecule has 2 aliphatic heterocycles. The number of carbonyl (C=O) groups excluding carboxylic acids is 3. The molecule has 0 saturated carbocycles. The van der Waals surface area contributed by atoms with Crippen LogP contribution in [0.15, 0.2) is 72.8 Å². The first-order valence-corrected chi connectivity index (χ1v) is 18.3. The second-order valence-electron chi connectivity index (χ2n) is 13.7. The number of nitrogens with zero attached hydrogens (tertiary/aromatic N) is 6. The monoisotopic (exact) mass is 812 g/mol. The van der Waals surface area contributed by atoms with Crippen LogP contribution in [0.2, 0.25) is 5.02 Å². The molecule has 0 atom stereocenters. The van der Waals surface area contributed by atoms with E-state index in [1.54, 1.807) is 68.7 Å². The topological polar surface area (TPSA) is 82.1 Å². The van der Waals surface area contributed by atoms with Gasteiger partial charge in [-0.1, -0.05) is 41.4 Å². The third-order valence-electron chi connectivity index (χ3n) is 9.37. The molecule has 56 heavy (non-hydrogen) atoms. The largest absolute Gasteiger partial charge is 0.462 e. The number of carbonyl (C=O) groups is 3. The first kappa shape index (κ1) is 41.4. The van der Waals surface area contributed by atoms with Gasteiger partial charge in [-0.25, -0.2) is 23.3 Å². The lowest BCUT2D eigenvalue weighted by molar-refractivity contribution is -0.121. The minimum Gasteiger partial charge on any atom is -0.462 e. The predicted octanol–water partition coefficient (Wildman–Crippen LogP) is 10.0. The first-order valence-electron chi connectivity index (χ1n) is 17.1. The van der Waals surface area contributed by atoms with Gasteiger partial charge < -0.3 is 14.5 Å². The summed E-state index contributed by atoms with van der Waals surface area (Å²) in [6, 6.07) is 19.7. The van der Waals surface area contributed by atoms with Crippen molar-refractivity contribution in [1.82, 2.24) is 0 Å². The van der Waals surface area contributed by atoms with E-state index in [0.717, 1.165) is 21.1 Å². The second-order valence-corrected chi connectivity index (χ2v) is 14.8. The standard InChI is InChI=1S/C22H20FN3O3S.C19H15ClFN3OS/c1-6-29-19(27)14-7-9-15(10-8-14)26-21(30)25(20(28)22(26,3)4)17-12-11-16(24-5)13(2)18(17)23;1-11-5-7-12(8-6-11)24-18(26)23(17(25)19(24,2)3)14-10-9-13(22-4)15(20)16(14)21/h7-12H,6H2,1-4H3;5-10H,1-3H3. The molecule has 2 aliphatic rings. The maximum atomic E-state index is 15.0. The Hall–Kier alpha value is -5.80. The third kappa shape index (κ3) is 7.07. The molecule has 4 aromatic rings. The Kier molecular flexibility index (Phi) is 11.6. The number of ether oxygens (including phenoxy) is 1. The Balaban J connectivity index is 0.000000216. The van der Waals surface area contributed by atoms with Crippen LogP contribution in [0.25, 0.3) is 9.69 Å². The number of halogens is 3. The van der Waals surface area contributed by atoms with E-state index in [9.17, 15) is 23.2 Å². The van der Waals surface area contributed by atoms with Crippen LogP contribution in [0, 0.1) is 38.6 Å². The summed E-state index contributed by atoms with van der Waals surface area (Å²) in [6.45, 7) is 26.5. The Labute approximate surface area is 339 Å². The molecular formula is C41H35ClF2N6O4S2. The zero-order chi connectivity index (χ0) is 41.4. The molecule has 2 saturated heterocycles. The fraction of sp³-hybridized carbons (Fsp3) is 0.244. The van der Waals surface area contributed by atoms with Crippen molar-refractivity contribution in [1.29, 1.82) is 0 Å². The molecule has 4 aromatic carbocycles. The molecule has 0 unspecified atom stereocenters. The van der Waals surface area contributed by atoms with Crippen LogP contribution in [-0.4, -0.2) is 45.7 Å². The number of rotatable bonds is 6. The quantitative estimate of drug-likeness (QED) is 0.108. The van der Waals surface area contributed by atoms with Crippen molar-refractivity contribution in [3.05, 3.63) is 129 Å². The lowest BCUT2D eigenvalue weighted by Crippen LogP contribution is -2.44. The molecule has 6 rings (SSSR count). The van der Waals surface area contributed by atoms with E-state index in [4.69, 9.17) is 53.9 Å². The van der Waals surface area contributed by atoms with Gasteiger partial charge >= 0.3 is 5.97 Å². The number of esters is 1. The van der Waals surface area contributed by atoms with Gasteiger partial charge in [0.1, 0.15) is 16.9 Å². The highest BCUT2D eigenvalue weighted by atomic mass is 35.5. The van der Waals surface area contributed by atoms with E-state index < -0.39 is 34.6 Å². The average Bonchev–Trinajstić information content (AvgIpc) is 3.45. The van der Waals surface area contributed by atoms with Crippen LogP contribution in [0.3, 0.4) is 0 Å². The zero-order valence-electron chi connectivity index (χ0n) is 31.4. The van der Waals surface area contributed by atoms with Crippen LogP contribution in [-0.2, 0) is 14.3 Å². The molecular weight excluding hydrogens is 778 g/mol. The highest BCUT2D eigenvalue weighted by molar-refractivity contribution is 7.81. The minimum absolute atomic E-state index is 0.00798. The molecule has 0 aromatic heterocycles. The summed E-state index contributed by atoms with van der Waals surface area (Å²) in [7, 11) is 0. The van der Waals surface area contributed by atoms with Crippen molar-refractivity contribution in [3.8, 4) is 0 Å². The van der Waals surface area contributed by atoms with Gasteiger partial charge in [0.25, 0.3) is 11.8 Å². The molecule has 286 valence electrons. The molecule has 2 amide bonds. The third-order valence-corrected chi connectivity index (χ3v) is 10.5. The molecule has 0 bridgehead atoms. The SMILES string of the molecule is [C-]#[N+]c1ccc(N2C(=O)C(C)(C)N(c3ccc(C(=O)OCC)cc3)C2=S)c(F)c1C.[C-]#[N+]c1ccc(N2C(=O)C(C)(C)N(c3ccc(C)cc3)C2=S)c(F)c1Cl. The van der Waals surface area contributed by atoms with E-state index in [2.05, 4.69) is 9.69 Å². The number of benzene rings is 4. The van der Waals surface area contributed by atoms with Crippen LogP contribution < -0.4 is 19.6 Å². The molecule has 2 fully saturated rings. The summed E-state index contributed by atoms with van der Waals surface area (Å²) in [4.78, 5) is 50.2. The van der Waals surface area contributed by atoms with Crippen molar-refractivity contribution in [3.63, 3.8) is 0 Å². The van der Waals surface area contributed by atoms with Gasteiger partial charge in [0, 0.05) is 11.4 Å². The lowest BCUT2D eigenvalue weighted by atomic mass is 10.0. The number of aryl methyl sites for hydroxylation is 1. The number of anilines is 4. The Morgan fingerprint density at radius 2 is 1.16 bits per heavy atom. The number of amides is 2. The minimum atomic E-state index is -1.08. The maximum absolute atomic E-state index is 15.0. The maximum Gasteiger partial charge on any atom is 0.338 e. The summed E-state index contributed by atoms with van der Waals surface area (Å²) >= 11 is 17.0. The van der Waals surface area contributed by atoms with Gasteiger partial charge in [-0.15, -0.1) is 0 Å². The molecule has 0 aliphatic carbocycles. The van der Waals surface area contributed by atoms with E-state index in [0.29, 0.717) is 11.3 Å². The summed E-state index contributed by atoms with van der Waals surface area (Å²) in [6.07, 6.45) is 0. The Morgan fingerprint density at radius 1 is 0.732 bits per heavy atom. The van der Waals surface area contributed by atoms with Crippen LogP contribution in [0.4, 0.5) is 42.9 Å². The van der Waals surface area contributed by atoms with Crippen LogP contribution in [0.1, 0.15) is 56.1 Å². The van der Waals surface area contributed by atoms with Crippen LogP contribution in [0.5, 0.6) is 0 Å². The Bertz CT molecular complexity index is 2390. The summed E-state index contributed by atoms with van der Waals surface area (Å²) < 4.78 is 34.7. The molecule has 0 radical (unpaired) electrons. The smallest absolute Gasteiger partial charge is 0.338 e. The fourth-order valence-corrected chi connectivity index (χ4v) is 7.51. The first-order chi connectivity index (χ1) is 26.3. The predicted molar refractivity (Wildman–Crippen MR) is 222 cm³/mol. The molecule has 0 N–H and O–H groups in total. The van der Waals surface area contributed by atoms with Crippen LogP contribution >= 0.6 is 36.0 Å². The van der Waals surface area contributed by atoms with Gasteiger partial charge in [0.05, 0.1) is 41.7 Å². The van der Waals surface area contributed by atoms with Crippen molar-refractivity contribution >= 4 is 98.2 Å². The summed E-state index contributed by atoms with van der Waals surface area (Å²) in [5, 5.41) is -0.0446. The Morgan fingerprint density at radius 3 is 1.61 bits per heavy atom. The van der Waals surface area contributed by atoms with Gasteiger partial charge in [-0.3, -0.25) is 19.4 Å². The van der Waals surface area contributed by atoms with E-state index in [1.165, 1.54) is 31.2 Å². The number of hydrogen-bond donors (Lipinski definition) is 0. The molecule has 15 heteroatoms. The van der Waals surface area contributed by atoms with Gasteiger partial charge in [-0.05, 0) is 127 Å². The van der Waals surface area contributed by atoms with Crippen molar-refractivity contribution in [2.45, 2.75) is 59.5 Å². The van der Waals surface area contributed by atoms with Crippen molar-refractivity contribution < 1.29 is 27.9 Å². The van der Waals surface area contributed by atoms with Gasteiger partial charge in [0.15, 0.2) is 21.7 Å². The number of hydrogen-bond acceptors (Lipinski definition) is 6. The highest BCUT2D eigenvalue weighted by Crippen LogP contribution is 2.42.